The summed E-state index contributed by atoms with van der Waals surface area (Å²) in [7, 11) is 0. The lowest BCUT2D eigenvalue weighted by Crippen LogP contribution is -2.04. The summed E-state index contributed by atoms with van der Waals surface area (Å²) in [6.45, 7) is 4.60. The molecule has 0 radical (unpaired) electrons. The van der Waals surface area contributed by atoms with Gasteiger partial charge in [-0.1, -0.05) is 80.2 Å². The van der Waals surface area contributed by atoms with Crippen LogP contribution in [0.15, 0.2) is 69.9 Å². The minimum atomic E-state index is 1.20. The van der Waals surface area contributed by atoms with Crippen LogP contribution in [0.1, 0.15) is 65.2 Å². The van der Waals surface area contributed by atoms with Crippen LogP contribution in [0.4, 0.5) is 0 Å². The zero-order valence-electron chi connectivity index (χ0n) is 14.7. The second-order valence-corrected chi connectivity index (χ2v) is 6.90. The van der Waals surface area contributed by atoms with Gasteiger partial charge in [-0.3, -0.25) is 0 Å². The van der Waals surface area contributed by atoms with Crippen molar-refractivity contribution in [2.24, 2.45) is 0 Å². The van der Waals surface area contributed by atoms with Crippen LogP contribution < -0.4 is 0 Å². The molecule has 0 bridgehead atoms. The van der Waals surface area contributed by atoms with Gasteiger partial charge in [-0.05, 0) is 32.1 Å². The predicted molar refractivity (Wildman–Crippen MR) is 101 cm³/mol. The largest absolute Gasteiger partial charge is 0.168 e. The van der Waals surface area contributed by atoms with Gasteiger partial charge in [0.15, 0.2) is 0 Å². The molecular weight excluding hydrogens is 276 g/mol. The zero-order valence-corrected chi connectivity index (χ0v) is 14.7. The monoisotopic (exact) mass is 305 g/mol. The van der Waals surface area contributed by atoms with Gasteiger partial charge in [0.2, 0.25) is 0 Å². The van der Waals surface area contributed by atoms with Gasteiger partial charge in [-0.25, -0.2) is 0 Å². The van der Waals surface area contributed by atoms with Crippen LogP contribution >= 0.6 is 0 Å². The summed E-state index contributed by atoms with van der Waals surface area (Å²) in [6, 6.07) is 0. The first-order valence-electron chi connectivity index (χ1n) is 9.27. The van der Waals surface area contributed by atoms with E-state index in [4.69, 9.17) is 0 Å². The van der Waals surface area contributed by atoms with E-state index in [0.29, 0.717) is 0 Å². The molecule has 0 unspecified atom stereocenters. The Hall–Kier alpha value is -1.69. The molecule has 0 aromatic rings. The zero-order chi connectivity index (χ0) is 16.1. The SMILES string of the molecule is CCCC1=CCCC(C(C)=C2[CH-]C=C(C3=CC=CCC3)CC2)=C1. The molecule has 3 aliphatic carbocycles. The smallest absolute Gasteiger partial charge is 0.0285 e. The molecule has 0 saturated carbocycles. The molecule has 0 aliphatic heterocycles. The van der Waals surface area contributed by atoms with Gasteiger partial charge in [-0.15, -0.1) is 11.1 Å². The van der Waals surface area contributed by atoms with Crippen molar-refractivity contribution in [1.82, 2.24) is 0 Å². The molecule has 0 fully saturated rings. The molecule has 23 heavy (non-hydrogen) atoms. The number of hydrogen-bond donors (Lipinski definition) is 0. The number of rotatable bonds is 4. The van der Waals surface area contributed by atoms with E-state index in [1.54, 1.807) is 27.9 Å². The molecular formula is C23H29-. The van der Waals surface area contributed by atoms with Crippen molar-refractivity contribution in [3.8, 4) is 0 Å². The predicted octanol–water partition coefficient (Wildman–Crippen LogP) is 6.95. The number of hydrogen-bond acceptors (Lipinski definition) is 0. The summed E-state index contributed by atoms with van der Waals surface area (Å²) in [4.78, 5) is 0. The molecule has 0 heterocycles. The Balaban J connectivity index is 1.73. The molecule has 0 nitrogen and oxygen atoms in total. The molecule has 0 N–H and O–H groups in total. The van der Waals surface area contributed by atoms with Crippen molar-refractivity contribution in [2.75, 3.05) is 0 Å². The van der Waals surface area contributed by atoms with Crippen LogP contribution in [0.3, 0.4) is 0 Å². The van der Waals surface area contributed by atoms with E-state index < -0.39 is 0 Å². The summed E-state index contributed by atoms with van der Waals surface area (Å²) in [5.74, 6) is 0. The highest BCUT2D eigenvalue weighted by Gasteiger charge is 2.10. The molecule has 0 aromatic heterocycles. The molecule has 0 spiro atoms. The summed E-state index contributed by atoms with van der Waals surface area (Å²) >= 11 is 0. The highest BCUT2D eigenvalue weighted by molar-refractivity contribution is 5.49. The average Bonchev–Trinajstić information content (AvgIpc) is 2.62. The van der Waals surface area contributed by atoms with Crippen LogP contribution in [0.5, 0.6) is 0 Å². The van der Waals surface area contributed by atoms with E-state index in [1.165, 1.54) is 56.9 Å². The number of allylic oxidation sites excluding steroid dienone is 12. The van der Waals surface area contributed by atoms with Crippen LogP contribution in [0.2, 0.25) is 0 Å². The van der Waals surface area contributed by atoms with Crippen molar-refractivity contribution in [2.45, 2.75) is 65.2 Å². The van der Waals surface area contributed by atoms with Crippen LogP contribution in [-0.2, 0) is 0 Å². The first-order valence-corrected chi connectivity index (χ1v) is 9.27. The Labute approximate surface area is 142 Å². The molecule has 122 valence electrons. The van der Waals surface area contributed by atoms with Crippen LogP contribution in [-0.4, -0.2) is 0 Å². The van der Waals surface area contributed by atoms with Crippen LogP contribution in [0, 0.1) is 6.42 Å². The van der Waals surface area contributed by atoms with E-state index in [1.807, 2.05) is 0 Å². The van der Waals surface area contributed by atoms with Gasteiger partial charge in [0.05, 0.1) is 0 Å². The Morgan fingerprint density at radius 3 is 2.70 bits per heavy atom. The Morgan fingerprint density at radius 1 is 1.09 bits per heavy atom. The van der Waals surface area contributed by atoms with Gasteiger partial charge in [0.25, 0.3) is 0 Å². The maximum absolute atomic E-state index is 2.46. The van der Waals surface area contributed by atoms with Crippen molar-refractivity contribution in [3.05, 3.63) is 76.3 Å². The van der Waals surface area contributed by atoms with Gasteiger partial charge >= 0.3 is 0 Å². The second kappa shape index (κ2) is 7.73. The van der Waals surface area contributed by atoms with Gasteiger partial charge in [0.1, 0.15) is 0 Å². The topological polar surface area (TPSA) is 0 Å². The lowest BCUT2D eigenvalue weighted by atomic mass is 9.83. The lowest BCUT2D eigenvalue weighted by Gasteiger charge is -2.29. The third-order valence-electron chi connectivity index (χ3n) is 5.26. The summed E-state index contributed by atoms with van der Waals surface area (Å²) < 4.78 is 0. The molecule has 3 aliphatic rings. The van der Waals surface area contributed by atoms with Gasteiger partial charge < -0.3 is 0 Å². The normalized spacial score (nSPS) is 23.4. The minimum absolute atomic E-state index is 1.20. The Kier molecular flexibility index (Phi) is 5.43. The van der Waals surface area contributed by atoms with Gasteiger partial charge in [0, 0.05) is 0 Å². The molecule has 0 saturated heterocycles. The molecule has 0 atom stereocenters. The maximum atomic E-state index is 2.46. The summed E-state index contributed by atoms with van der Waals surface area (Å²) in [5, 5.41) is 0. The van der Waals surface area contributed by atoms with E-state index in [2.05, 4.69) is 56.7 Å². The lowest BCUT2D eigenvalue weighted by molar-refractivity contribution is 0.845. The van der Waals surface area contributed by atoms with E-state index >= 15 is 0 Å². The highest BCUT2D eigenvalue weighted by Crippen LogP contribution is 2.35. The molecule has 0 amide bonds. The third kappa shape index (κ3) is 3.99. The quantitative estimate of drug-likeness (QED) is 0.493. The maximum Gasteiger partial charge on any atom is -0.0285 e. The first-order chi connectivity index (χ1) is 11.3. The van der Waals surface area contributed by atoms with Crippen molar-refractivity contribution >= 4 is 0 Å². The van der Waals surface area contributed by atoms with Crippen LogP contribution in [0.25, 0.3) is 0 Å². The summed E-state index contributed by atoms with van der Waals surface area (Å²) in [5.41, 5.74) is 9.28. The Bertz CT molecular complexity index is 629. The van der Waals surface area contributed by atoms with E-state index in [9.17, 15) is 0 Å². The fourth-order valence-corrected chi connectivity index (χ4v) is 3.82. The van der Waals surface area contributed by atoms with Crippen molar-refractivity contribution < 1.29 is 0 Å². The second-order valence-electron chi connectivity index (χ2n) is 6.90. The molecule has 0 heteroatoms. The molecule has 3 rings (SSSR count). The highest BCUT2D eigenvalue weighted by atomic mass is 14.2. The fraction of sp³-hybridized carbons (Fsp3) is 0.435. The third-order valence-corrected chi connectivity index (χ3v) is 5.26. The molecule has 0 aromatic carbocycles. The first kappa shape index (κ1) is 16.2. The minimum Gasteiger partial charge on any atom is -0.168 e. The van der Waals surface area contributed by atoms with E-state index in [0.717, 1.165) is 0 Å². The average molecular weight is 305 g/mol. The standard InChI is InChI=1S/C23H29/c1-3-8-19-9-7-12-23(17-19)18(2)20-13-15-22(16-14-20)21-10-5-4-6-11-21/h4-5,9-10,13,15,17H,3,6-8,11-12,14,16H2,1-2H3/q-1. The van der Waals surface area contributed by atoms with Crippen molar-refractivity contribution in [1.29, 1.82) is 0 Å². The van der Waals surface area contributed by atoms with Crippen molar-refractivity contribution in [3.63, 3.8) is 0 Å². The fourth-order valence-electron chi connectivity index (χ4n) is 3.82. The Morgan fingerprint density at radius 2 is 2.00 bits per heavy atom. The van der Waals surface area contributed by atoms with E-state index in [-0.39, 0.29) is 0 Å². The van der Waals surface area contributed by atoms with Gasteiger partial charge in [-0.2, -0.15) is 18.1 Å². The summed E-state index contributed by atoms with van der Waals surface area (Å²) in [6.07, 6.45) is 26.1.